The fraction of sp³-hybridized carbons (Fsp3) is 0.667. The highest BCUT2D eigenvalue weighted by Gasteiger charge is 2.16. The summed E-state index contributed by atoms with van der Waals surface area (Å²) in [6.07, 6.45) is 9.14. The van der Waals surface area contributed by atoms with E-state index in [2.05, 4.69) is 4.98 Å². The van der Waals surface area contributed by atoms with Gasteiger partial charge < -0.3 is 15.2 Å². The van der Waals surface area contributed by atoms with Crippen LogP contribution >= 0.6 is 11.8 Å². The van der Waals surface area contributed by atoms with Gasteiger partial charge in [-0.1, -0.05) is 0 Å². The van der Waals surface area contributed by atoms with Crippen LogP contribution in [0, 0.1) is 0 Å². The molecule has 0 bridgehead atoms. The van der Waals surface area contributed by atoms with Crippen LogP contribution in [0.15, 0.2) is 18.7 Å². The van der Waals surface area contributed by atoms with Crippen molar-refractivity contribution in [3.8, 4) is 0 Å². The quantitative estimate of drug-likeness (QED) is 0.759. The molecule has 1 aromatic rings. The van der Waals surface area contributed by atoms with E-state index < -0.39 is 0 Å². The summed E-state index contributed by atoms with van der Waals surface area (Å²) in [6, 6.07) is -0.365. The molecule has 18 heavy (non-hydrogen) atoms. The van der Waals surface area contributed by atoms with E-state index in [1.165, 1.54) is 0 Å². The third-order valence-corrected chi connectivity index (χ3v) is 3.44. The zero-order valence-corrected chi connectivity index (χ0v) is 11.9. The van der Waals surface area contributed by atoms with E-state index in [0.29, 0.717) is 0 Å². The summed E-state index contributed by atoms with van der Waals surface area (Å²) < 4.78 is 2.01. The molecule has 1 heterocycles. The largest absolute Gasteiger partial charge is 0.344 e. The SMILES string of the molecule is CSCCC(N)C(=O)N(C)CCCn1ccnc1. The summed E-state index contributed by atoms with van der Waals surface area (Å²) in [4.78, 5) is 17.6. The van der Waals surface area contributed by atoms with Gasteiger partial charge in [0.1, 0.15) is 0 Å². The molecule has 0 aromatic carbocycles. The molecule has 1 aromatic heterocycles. The lowest BCUT2D eigenvalue weighted by Gasteiger charge is -2.21. The second kappa shape index (κ2) is 8.16. The number of carbonyl (C=O) groups is 1. The fourth-order valence-corrected chi connectivity index (χ4v) is 2.16. The first-order valence-electron chi connectivity index (χ1n) is 6.10. The third kappa shape index (κ3) is 5.10. The summed E-state index contributed by atoms with van der Waals surface area (Å²) >= 11 is 1.71. The molecule has 5 nitrogen and oxygen atoms in total. The number of imidazole rings is 1. The van der Waals surface area contributed by atoms with Crippen molar-refractivity contribution in [2.45, 2.75) is 25.4 Å². The van der Waals surface area contributed by atoms with Crippen molar-refractivity contribution in [1.82, 2.24) is 14.5 Å². The Labute approximate surface area is 113 Å². The van der Waals surface area contributed by atoms with Gasteiger partial charge in [-0.05, 0) is 24.9 Å². The number of likely N-dealkylation sites (N-methyl/N-ethyl adjacent to an activating group) is 1. The van der Waals surface area contributed by atoms with Crippen LogP contribution in [0.5, 0.6) is 0 Å². The Bertz CT molecular complexity index is 342. The second-order valence-electron chi connectivity index (χ2n) is 4.30. The van der Waals surface area contributed by atoms with Gasteiger partial charge in [0.2, 0.25) is 5.91 Å². The summed E-state index contributed by atoms with van der Waals surface area (Å²) in [5.74, 6) is 0.963. The Morgan fingerprint density at radius 3 is 3.00 bits per heavy atom. The van der Waals surface area contributed by atoms with Gasteiger partial charge in [-0.15, -0.1) is 0 Å². The molecule has 1 unspecified atom stereocenters. The summed E-state index contributed by atoms with van der Waals surface area (Å²) in [6.45, 7) is 1.60. The van der Waals surface area contributed by atoms with E-state index in [1.807, 2.05) is 24.1 Å². The molecule has 0 radical (unpaired) electrons. The first-order valence-corrected chi connectivity index (χ1v) is 7.49. The minimum absolute atomic E-state index is 0.0367. The number of nitrogens with zero attached hydrogens (tertiary/aromatic N) is 3. The van der Waals surface area contributed by atoms with Crippen molar-refractivity contribution in [2.24, 2.45) is 5.73 Å². The van der Waals surface area contributed by atoms with E-state index in [4.69, 9.17) is 5.73 Å². The number of carbonyl (C=O) groups excluding carboxylic acids is 1. The monoisotopic (exact) mass is 270 g/mol. The normalized spacial score (nSPS) is 12.4. The number of rotatable bonds is 8. The fourth-order valence-electron chi connectivity index (χ4n) is 1.67. The maximum absolute atomic E-state index is 11.9. The second-order valence-corrected chi connectivity index (χ2v) is 5.29. The zero-order chi connectivity index (χ0) is 13.4. The molecule has 1 atom stereocenters. The Morgan fingerprint density at radius 2 is 2.39 bits per heavy atom. The molecule has 6 heteroatoms. The van der Waals surface area contributed by atoms with Crippen molar-refractivity contribution < 1.29 is 4.79 Å². The minimum Gasteiger partial charge on any atom is -0.344 e. The highest BCUT2D eigenvalue weighted by molar-refractivity contribution is 7.98. The standard InChI is InChI=1S/C12H22N4OS/c1-15(12(17)11(13)4-9-18-2)6-3-7-16-8-5-14-10-16/h5,8,10-11H,3-4,6-7,9,13H2,1-2H3. The van der Waals surface area contributed by atoms with Crippen molar-refractivity contribution in [3.63, 3.8) is 0 Å². The minimum atomic E-state index is -0.365. The van der Waals surface area contributed by atoms with Crippen molar-refractivity contribution in [1.29, 1.82) is 0 Å². The molecule has 102 valence electrons. The number of aryl methyl sites for hydroxylation is 1. The smallest absolute Gasteiger partial charge is 0.239 e. The van der Waals surface area contributed by atoms with E-state index in [0.717, 1.165) is 31.7 Å². The van der Waals surface area contributed by atoms with Crippen LogP contribution < -0.4 is 5.73 Å². The van der Waals surface area contributed by atoms with E-state index in [1.54, 1.807) is 29.2 Å². The predicted molar refractivity (Wildman–Crippen MR) is 75.5 cm³/mol. The summed E-state index contributed by atoms with van der Waals surface area (Å²) in [5, 5.41) is 0. The average molecular weight is 270 g/mol. The van der Waals surface area contributed by atoms with Crippen molar-refractivity contribution in [2.75, 3.05) is 25.6 Å². The van der Waals surface area contributed by atoms with Crippen molar-refractivity contribution in [3.05, 3.63) is 18.7 Å². The molecular weight excluding hydrogens is 248 g/mol. The average Bonchev–Trinajstić information content (AvgIpc) is 2.87. The lowest BCUT2D eigenvalue weighted by molar-refractivity contribution is -0.131. The molecule has 0 spiro atoms. The highest BCUT2D eigenvalue weighted by atomic mass is 32.2. The van der Waals surface area contributed by atoms with E-state index in [-0.39, 0.29) is 11.9 Å². The van der Waals surface area contributed by atoms with E-state index in [9.17, 15) is 4.79 Å². The van der Waals surface area contributed by atoms with Gasteiger partial charge in [0.15, 0.2) is 0 Å². The van der Waals surface area contributed by atoms with Crippen LogP contribution in [0.3, 0.4) is 0 Å². The predicted octanol–water partition coefficient (Wildman–Crippen LogP) is 0.812. The maximum Gasteiger partial charge on any atom is 0.239 e. The number of aromatic nitrogens is 2. The lowest BCUT2D eigenvalue weighted by atomic mass is 10.2. The topological polar surface area (TPSA) is 64.2 Å². The lowest BCUT2D eigenvalue weighted by Crippen LogP contribution is -2.42. The van der Waals surface area contributed by atoms with Gasteiger partial charge in [-0.3, -0.25) is 4.79 Å². The molecule has 2 N–H and O–H groups in total. The van der Waals surface area contributed by atoms with Crippen LogP contribution in [0.4, 0.5) is 0 Å². The number of hydrogen-bond acceptors (Lipinski definition) is 4. The van der Waals surface area contributed by atoms with Gasteiger partial charge in [0.05, 0.1) is 12.4 Å². The number of nitrogens with two attached hydrogens (primary N) is 1. The van der Waals surface area contributed by atoms with Crippen LogP contribution in [0.1, 0.15) is 12.8 Å². The third-order valence-electron chi connectivity index (χ3n) is 2.80. The van der Waals surface area contributed by atoms with Gasteiger partial charge >= 0.3 is 0 Å². The molecule has 0 saturated heterocycles. The zero-order valence-electron chi connectivity index (χ0n) is 11.1. The number of thioether (sulfide) groups is 1. The Morgan fingerprint density at radius 1 is 1.61 bits per heavy atom. The van der Waals surface area contributed by atoms with E-state index >= 15 is 0 Å². The number of hydrogen-bond donors (Lipinski definition) is 1. The summed E-state index contributed by atoms with van der Waals surface area (Å²) in [7, 11) is 1.81. The molecule has 0 saturated carbocycles. The molecular formula is C12H22N4OS. The molecule has 1 rings (SSSR count). The van der Waals surface area contributed by atoms with Crippen LogP contribution in [0.2, 0.25) is 0 Å². The molecule has 0 aliphatic heterocycles. The molecule has 0 aliphatic rings. The Hall–Kier alpha value is -1.01. The first-order chi connectivity index (χ1) is 8.65. The summed E-state index contributed by atoms with van der Waals surface area (Å²) in [5.41, 5.74) is 5.85. The van der Waals surface area contributed by atoms with Gasteiger partial charge in [0.25, 0.3) is 0 Å². The molecule has 0 fully saturated rings. The van der Waals surface area contributed by atoms with Crippen LogP contribution in [-0.4, -0.2) is 52.0 Å². The van der Waals surface area contributed by atoms with Gasteiger partial charge in [-0.25, -0.2) is 4.98 Å². The molecule has 0 aliphatic carbocycles. The highest BCUT2D eigenvalue weighted by Crippen LogP contribution is 2.02. The van der Waals surface area contributed by atoms with Crippen LogP contribution in [0.25, 0.3) is 0 Å². The first kappa shape index (κ1) is 15.0. The maximum atomic E-state index is 11.9. The molecule has 1 amide bonds. The van der Waals surface area contributed by atoms with Crippen molar-refractivity contribution >= 4 is 17.7 Å². The Kier molecular flexibility index (Phi) is 6.82. The van der Waals surface area contributed by atoms with Crippen LogP contribution in [-0.2, 0) is 11.3 Å². The Balaban J connectivity index is 2.22. The van der Waals surface area contributed by atoms with Gasteiger partial charge in [0, 0.05) is 32.5 Å². The number of amides is 1. The van der Waals surface area contributed by atoms with Gasteiger partial charge in [-0.2, -0.15) is 11.8 Å².